The van der Waals surface area contributed by atoms with Gasteiger partial charge in [-0.15, -0.1) is 0 Å². The SMILES string of the molecule is Cc1cc(-n2c(C)nc3ccccc3c2=O)ccc1NC(=O)C(C)Oc1cccc(Cl)c1. The molecule has 1 atom stereocenters. The average molecular weight is 448 g/mol. The first-order chi connectivity index (χ1) is 15.3. The molecule has 4 aromatic rings. The van der Waals surface area contributed by atoms with Crippen LogP contribution in [0.2, 0.25) is 5.02 Å². The molecule has 1 unspecified atom stereocenters. The summed E-state index contributed by atoms with van der Waals surface area (Å²) < 4.78 is 7.26. The van der Waals surface area contributed by atoms with E-state index in [4.69, 9.17) is 16.3 Å². The van der Waals surface area contributed by atoms with Crippen molar-refractivity contribution in [1.82, 2.24) is 9.55 Å². The predicted octanol–water partition coefficient (Wildman–Crippen LogP) is 5.06. The summed E-state index contributed by atoms with van der Waals surface area (Å²) >= 11 is 5.97. The maximum absolute atomic E-state index is 13.0. The van der Waals surface area contributed by atoms with Crippen LogP contribution < -0.4 is 15.6 Å². The van der Waals surface area contributed by atoms with Gasteiger partial charge in [-0.3, -0.25) is 14.2 Å². The van der Waals surface area contributed by atoms with Crippen LogP contribution in [0.5, 0.6) is 5.75 Å². The van der Waals surface area contributed by atoms with E-state index >= 15 is 0 Å². The number of hydrogen-bond acceptors (Lipinski definition) is 4. The quantitative estimate of drug-likeness (QED) is 0.464. The normalized spacial score (nSPS) is 11.9. The Hall–Kier alpha value is -3.64. The smallest absolute Gasteiger partial charge is 0.265 e. The molecular weight excluding hydrogens is 426 g/mol. The second-order valence-electron chi connectivity index (χ2n) is 7.52. The summed E-state index contributed by atoms with van der Waals surface area (Å²) in [5, 5.41) is 3.98. The third-order valence-corrected chi connectivity index (χ3v) is 5.38. The number of ether oxygens (including phenoxy) is 1. The van der Waals surface area contributed by atoms with E-state index in [1.807, 2.05) is 31.2 Å². The van der Waals surface area contributed by atoms with Gasteiger partial charge in [-0.1, -0.05) is 29.8 Å². The molecule has 7 heteroatoms. The first kappa shape index (κ1) is 21.6. The molecule has 1 amide bonds. The van der Waals surface area contributed by atoms with Crippen LogP contribution in [-0.4, -0.2) is 21.6 Å². The molecule has 162 valence electrons. The van der Waals surface area contributed by atoms with E-state index in [2.05, 4.69) is 10.3 Å². The van der Waals surface area contributed by atoms with Gasteiger partial charge in [0.25, 0.3) is 11.5 Å². The maximum Gasteiger partial charge on any atom is 0.265 e. The Morgan fingerprint density at radius 1 is 1.06 bits per heavy atom. The molecule has 1 heterocycles. The predicted molar refractivity (Wildman–Crippen MR) is 127 cm³/mol. The van der Waals surface area contributed by atoms with Crippen molar-refractivity contribution in [3.63, 3.8) is 0 Å². The summed E-state index contributed by atoms with van der Waals surface area (Å²) in [5.41, 5.74) is 2.67. The van der Waals surface area contributed by atoms with Gasteiger partial charge in [0.15, 0.2) is 6.10 Å². The molecule has 4 rings (SSSR count). The van der Waals surface area contributed by atoms with Crippen molar-refractivity contribution in [2.75, 3.05) is 5.32 Å². The molecule has 1 aromatic heterocycles. The summed E-state index contributed by atoms with van der Waals surface area (Å²) in [4.78, 5) is 30.2. The van der Waals surface area contributed by atoms with Crippen molar-refractivity contribution in [2.24, 2.45) is 0 Å². The molecule has 0 aliphatic carbocycles. The van der Waals surface area contributed by atoms with Gasteiger partial charge in [-0.25, -0.2) is 4.98 Å². The molecule has 32 heavy (non-hydrogen) atoms. The Bertz CT molecular complexity index is 1380. The highest BCUT2D eigenvalue weighted by Gasteiger charge is 2.17. The Morgan fingerprint density at radius 3 is 2.59 bits per heavy atom. The number of para-hydroxylation sites is 1. The van der Waals surface area contributed by atoms with Crippen molar-refractivity contribution in [3.05, 3.63) is 93.5 Å². The van der Waals surface area contributed by atoms with Crippen LogP contribution in [0.3, 0.4) is 0 Å². The molecular formula is C25H22ClN3O3. The highest BCUT2D eigenvalue weighted by atomic mass is 35.5. The van der Waals surface area contributed by atoms with E-state index in [1.54, 1.807) is 60.9 Å². The Labute approximate surface area is 190 Å². The van der Waals surface area contributed by atoms with Gasteiger partial charge in [-0.05, 0) is 74.9 Å². The van der Waals surface area contributed by atoms with Crippen LogP contribution in [0.4, 0.5) is 5.69 Å². The van der Waals surface area contributed by atoms with E-state index in [-0.39, 0.29) is 11.5 Å². The minimum atomic E-state index is -0.720. The maximum atomic E-state index is 13.0. The van der Waals surface area contributed by atoms with Crippen molar-refractivity contribution in [3.8, 4) is 11.4 Å². The van der Waals surface area contributed by atoms with Crippen molar-refractivity contribution < 1.29 is 9.53 Å². The molecule has 0 saturated carbocycles. The number of rotatable bonds is 5. The zero-order valence-corrected chi connectivity index (χ0v) is 18.7. The highest BCUT2D eigenvalue weighted by molar-refractivity contribution is 6.30. The van der Waals surface area contributed by atoms with Gasteiger partial charge in [0.1, 0.15) is 11.6 Å². The van der Waals surface area contributed by atoms with E-state index in [1.165, 1.54) is 0 Å². The lowest BCUT2D eigenvalue weighted by atomic mass is 10.1. The van der Waals surface area contributed by atoms with E-state index in [0.717, 1.165) is 5.56 Å². The van der Waals surface area contributed by atoms with Crippen LogP contribution in [0.15, 0.2) is 71.5 Å². The molecule has 0 saturated heterocycles. The summed E-state index contributed by atoms with van der Waals surface area (Å²) in [6.07, 6.45) is -0.720. The highest BCUT2D eigenvalue weighted by Crippen LogP contribution is 2.22. The fourth-order valence-electron chi connectivity index (χ4n) is 3.51. The number of aryl methyl sites for hydroxylation is 2. The second-order valence-corrected chi connectivity index (χ2v) is 7.96. The lowest BCUT2D eigenvalue weighted by Crippen LogP contribution is -2.30. The minimum Gasteiger partial charge on any atom is -0.481 e. The molecule has 6 nitrogen and oxygen atoms in total. The molecule has 0 bridgehead atoms. The Morgan fingerprint density at radius 2 is 1.84 bits per heavy atom. The summed E-state index contributed by atoms with van der Waals surface area (Å²) in [7, 11) is 0. The third kappa shape index (κ3) is 4.36. The molecule has 0 fully saturated rings. The number of hydrogen-bond donors (Lipinski definition) is 1. The lowest BCUT2D eigenvalue weighted by molar-refractivity contribution is -0.122. The Balaban J connectivity index is 1.57. The van der Waals surface area contributed by atoms with Gasteiger partial charge < -0.3 is 10.1 Å². The Kier molecular flexibility index (Phi) is 5.97. The number of carbonyl (C=O) groups excluding carboxylic acids is 1. The zero-order valence-electron chi connectivity index (χ0n) is 17.9. The van der Waals surface area contributed by atoms with Crippen molar-refractivity contribution >= 4 is 34.1 Å². The molecule has 1 N–H and O–H groups in total. The number of nitrogens with one attached hydrogen (secondary N) is 1. The average Bonchev–Trinajstić information content (AvgIpc) is 2.75. The number of carbonyl (C=O) groups is 1. The summed E-state index contributed by atoms with van der Waals surface area (Å²) in [6.45, 7) is 5.34. The van der Waals surface area contributed by atoms with Crippen LogP contribution in [0, 0.1) is 13.8 Å². The van der Waals surface area contributed by atoms with E-state index in [9.17, 15) is 9.59 Å². The first-order valence-electron chi connectivity index (χ1n) is 10.2. The molecule has 0 spiro atoms. The topological polar surface area (TPSA) is 73.2 Å². The van der Waals surface area contributed by atoms with Crippen LogP contribution in [0.25, 0.3) is 16.6 Å². The van der Waals surface area contributed by atoms with Gasteiger partial charge in [0.2, 0.25) is 0 Å². The van der Waals surface area contributed by atoms with Crippen LogP contribution in [0.1, 0.15) is 18.3 Å². The monoisotopic (exact) mass is 447 g/mol. The fraction of sp³-hybridized carbons (Fsp3) is 0.160. The summed E-state index contributed by atoms with van der Waals surface area (Å²) in [6, 6.07) is 19.6. The fourth-order valence-corrected chi connectivity index (χ4v) is 3.69. The largest absolute Gasteiger partial charge is 0.481 e. The number of aromatic nitrogens is 2. The molecule has 3 aromatic carbocycles. The summed E-state index contributed by atoms with van der Waals surface area (Å²) in [5.74, 6) is 0.820. The molecule has 0 aliphatic heterocycles. The number of benzene rings is 3. The lowest BCUT2D eigenvalue weighted by Gasteiger charge is -2.17. The van der Waals surface area contributed by atoms with Crippen molar-refractivity contribution in [2.45, 2.75) is 26.9 Å². The van der Waals surface area contributed by atoms with Gasteiger partial charge in [0, 0.05) is 10.7 Å². The zero-order chi connectivity index (χ0) is 22.8. The van der Waals surface area contributed by atoms with Gasteiger partial charge in [-0.2, -0.15) is 0 Å². The minimum absolute atomic E-state index is 0.132. The molecule has 0 aliphatic rings. The number of anilines is 1. The molecule has 0 radical (unpaired) electrons. The van der Waals surface area contributed by atoms with Gasteiger partial charge in [0.05, 0.1) is 16.6 Å². The third-order valence-electron chi connectivity index (χ3n) is 5.15. The standard InChI is InChI=1S/C25H22ClN3O3/c1-15-13-19(29-17(3)27-23-10-5-4-9-21(23)25(29)31)11-12-22(15)28-24(30)16(2)32-20-8-6-7-18(26)14-20/h4-14,16H,1-3H3,(H,28,30). The number of amides is 1. The van der Waals surface area contributed by atoms with Gasteiger partial charge >= 0.3 is 0 Å². The second kappa shape index (κ2) is 8.85. The van der Waals surface area contributed by atoms with E-state index < -0.39 is 6.10 Å². The van der Waals surface area contributed by atoms with Crippen LogP contribution >= 0.6 is 11.6 Å². The van der Waals surface area contributed by atoms with Crippen LogP contribution in [-0.2, 0) is 4.79 Å². The first-order valence-corrected chi connectivity index (χ1v) is 10.5. The van der Waals surface area contributed by atoms with Crippen molar-refractivity contribution in [1.29, 1.82) is 0 Å². The number of halogens is 1. The number of nitrogens with zero attached hydrogens (tertiary/aromatic N) is 2. The van der Waals surface area contributed by atoms with E-state index in [0.29, 0.717) is 38.9 Å². The number of fused-ring (bicyclic) bond motifs is 1.